The molecule has 142 valence electrons. The predicted molar refractivity (Wildman–Crippen MR) is 113 cm³/mol. The van der Waals surface area contributed by atoms with Crippen LogP contribution >= 0.6 is 11.3 Å². The van der Waals surface area contributed by atoms with Gasteiger partial charge in [0.05, 0.1) is 12.0 Å². The Kier molecular flexibility index (Phi) is 4.51. The minimum atomic E-state index is -0.617. The molecule has 1 aromatic carbocycles. The molecule has 1 aliphatic rings. The standard InChI is InChI=1S/C22H21N3O2S/c1-22(2)17-10-14(12-23-20(17)24-21(22)27)8-9-19(26)25(3)13-16-11-15-6-4-5-7-18(15)28-16/h4-12H,13H2,1-3H3,(H,23,24,27). The van der Waals surface area contributed by atoms with Gasteiger partial charge in [-0.25, -0.2) is 4.98 Å². The van der Waals surface area contributed by atoms with Crippen molar-refractivity contribution in [2.45, 2.75) is 25.8 Å². The lowest BCUT2D eigenvalue weighted by Gasteiger charge is -2.15. The zero-order valence-corrected chi connectivity index (χ0v) is 16.8. The van der Waals surface area contributed by atoms with Gasteiger partial charge < -0.3 is 10.2 Å². The molecule has 0 radical (unpaired) electrons. The molecule has 28 heavy (non-hydrogen) atoms. The van der Waals surface area contributed by atoms with Crippen LogP contribution in [0.4, 0.5) is 5.82 Å². The number of amides is 2. The van der Waals surface area contributed by atoms with E-state index in [1.54, 1.807) is 41.6 Å². The fourth-order valence-electron chi connectivity index (χ4n) is 3.26. The largest absolute Gasteiger partial charge is 0.337 e. The maximum Gasteiger partial charge on any atom is 0.246 e. The highest BCUT2D eigenvalue weighted by atomic mass is 32.1. The molecular weight excluding hydrogens is 370 g/mol. The molecule has 0 saturated heterocycles. The monoisotopic (exact) mass is 391 g/mol. The van der Waals surface area contributed by atoms with Crippen molar-refractivity contribution in [3.05, 3.63) is 64.7 Å². The number of nitrogens with one attached hydrogen (secondary N) is 1. The second-order valence-electron chi connectivity index (χ2n) is 7.52. The highest BCUT2D eigenvalue weighted by Gasteiger charge is 2.39. The first-order valence-electron chi connectivity index (χ1n) is 9.07. The summed E-state index contributed by atoms with van der Waals surface area (Å²) in [5, 5.41) is 3.99. The Morgan fingerprint density at radius 1 is 1.29 bits per heavy atom. The third-order valence-electron chi connectivity index (χ3n) is 5.05. The number of thiophene rings is 1. The second-order valence-corrected chi connectivity index (χ2v) is 8.69. The van der Waals surface area contributed by atoms with Gasteiger partial charge in [-0.15, -0.1) is 11.3 Å². The van der Waals surface area contributed by atoms with E-state index in [0.29, 0.717) is 12.4 Å². The summed E-state index contributed by atoms with van der Waals surface area (Å²) in [5.74, 6) is 0.460. The maximum atomic E-state index is 12.5. The van der Waals surface area contributed by atoms with Crippen LogP contribution in [-0.2, 0) is 21.5 Å². The number of aromatic nitrogens is 1. The summed E-state index contributed by atoms with van der Waals surface area (Å²) >= 11 is 1.70. The lowest BCUT2D eigenvalue weighted by Crippen LogP contribution is -2.26. The van der Waals surface area contributed by atoms with Gasteiger partial charge in [0.1, 0.15) is 5.82 Å². The normalized spacial score (nSPS) is 15.0. The molecule has 0 aliphatic carbocycles. The molecule has 3 aromatic rings. The molecule has 0 unspecified atom stereocenters. The average Bonchev–Trinajstić information content (AvgIpc) is 3.17. The third kappa shape index (κ3) is 3.31. The number of carbonyl (C=O) groups excluding carboxylic acids is 2. The molecule has 1 N–H and O–H groups in total. The molecule has 4 rings (SSSR count). The molecule has 0 bridgehead atoms. The van der Waals surface area contributed by atoms with Crippen molar-refractivity contribution in [3.8, 4) is 0 Å². The number of nitrogens with zero attached hydrogens (tertiary/aromatic N) is 2. The van der Waals surface area contributed by atoms with Crippen molar-refractivity contribution in [1.82, 2.24) is 9.88 Å². The second kappa shape index (κ2) is 6.87. The number of likely N-dealkylation sites (N-methyl/N-ethyl adjacent to an activating group) is 1. The van der Waals surface area contributed by atoms with E-state index in [1.165, 1.54) is 10.1 Å². The Labute approximate surface area is 167 Å². The van der Waals surface area contributed by atoms with E-state index in [1.807, 2.05) is 32.0 Å². The van der Waals surface area contributed by atoms with Gasteiger partial charge in [-0.05, 0) is 49.1 Å². The lowest BCUT2D eigenvalue weighted by molar-refractivity contribution is -0.125. The van der Waals surface area contributed by atoms with E-state index in [9.17, 15) is 9.59 Å². The zero-order valence-electron chi connectivity index (χ0n) is 16.0. The Morgan fingerprint density at radius 2 is 2.07 bits per heavy atom. The topological polar surface area (TPSA) is 62.3 Å². The first-order chi connectivity index (χ1) is 13.3. The van der Waals surface area contributed by atoms with Crippen molar-refractivity contribution in [1.29, 1.82) is 0 Å². The van der Waals surface area contributed by atoms with Crippen LogP contribution in [0.15, 0.2) is 48.7 Å². The Bertz CT molecular complexity index is 1080. The number of carbonyl (C=O) groups is 2. The fourth-order valence-corrected chi connectivity index (χ4v) is 4.37. The Hall–Kier alpha value is -2.99. The summed E-state index contributed by atoms with van der Waals surface area (Å²) in [7, 11) is 1.80. The van der Waals surface area contributed by atoms with Gasteiger partial charge in [0, 0.05) is 34.5 Å². The fraction of sp³-hybridized carbons (Fsp3) is 0.227. The molecule has 0 saturated carbocycles. The molecule has 5 nitrogen and oxygen atoms in total. The molecule has 2 amide bonds. The number of pyridine rings is 1. The number of fused-ring (bicyclic) bond motifs is 2. The maximum absolute atomic E-state index is 12.5. The van der Waals surface area contributed by atoms with Crippen LogP contribution in [0.2, 0.25) is 0 Å². The first-order valence-corrected chi connectivity index (χ1v) is 9.89. The van der Waals surface area contributed by atoms with E-state index in [0.717, 1.165) is 16.0 Å². The summed E-state index contributed by atoms with van der Waals surface area (Å²) in [4.78, 5) is 31.7. The van der Waals surface area contributed by atoms with Crippen molar-refractivity contribution in [2.75, 3.05) is 12.4 Å². The molecule has 3 heterocycles. The minimum absolute atomic E-state index is 0.0599. The Morgan fingerprint density at radius 3 is 2.86 bits per heavy atom. The summed E-state index contributed by atoms with van der Waals surface area (Å²) in [5.41, 5.74) is 1.03. The van der Waals surface area contributed by atoms with Crippen LogP contribution in [0.5, 0.6) is 0 Å². The van der Waals surface area contributed by atoms with Gasteiger partial charge in [0.2, 0.25) is 11.8 Å². The third-order valence-corrected chi connectivity index (χ3v) is 6.15. The van der Waals surface area contributed by atoms with Gasteiger partial charge >= 0.3 is 0 Å². The van der Waals surface area contributed by atoms with Crippen LogP contribution in [0.3, 0.4) is 0 Å². The van der Waals surface area contributed by atoms with Gasteiger partial charge in [-0.3, -0.25) is 9.59 Å². The van der Waals surface area contributed by atoms with Gasteiger partial charge in [0.15, 0.2) is 0 Å². The number of benzene rings is 1. The van der Waals surface area contributed by atoms with E-state index in [-0.39, 0.29) is 11.8 Å². The van der Waals surface area contributed by atoms with E-state index in [4.69, 9.17) is 0 Å². The number of rotatable bonds is 4. The molecule has 0 spiro atoms. The highest BCUT2D eigenvalue weighted by Crippen LogP contribution is 2.36. The van der Waals surface area contributed by atoms with Gasteiger partial charge in [0.25, 0.3) is 0 Å². The number of anilines is 1. The summed E-state index contributed by atoms with van der Waals surface area (Å²) in [6.07, 6.45) is 4.96. The molecular formula is C22H21N3O2S. The zero-order chi connectivity index (χ0) is 19.9. The van der Waals surface area contributed by atoms with Crippen molar-refractivity contribution in [2.24, 2.45) is 0 Å². The van der Waals surface area contributed by atoms with Crippen molar-refractivity contribution in [3.63, 3.8) is 0 Å². The molecule has 1 aliphatic heterocycles. The summed E-state index contributed by atoms with van der Waals surface area (Å²) < 4.78 is 1.23. The summed E-state index contributed by atoms with van der Waals surface area (Å²) in [6, 6.07) is 12.3. The van der Waals surface area contributed by atoms with Crippen LogP contribution in [0.1, 0.15) is 29.9 Å². The van der Waals surface area contributed by atoms with Crippen molar-refractivity contribution >= 4 is 45.1 Å². The number of hydrogen-bond donors (Lipinski definition) is 1. The van der Waals surface area contributed by atoms with Gasteiger partial charge in [-0.2, -0.15) is 0 Å². The average molecular weight is 391 g/mol. The first kappa shape index (κ1) is 18.4. The van der Waals surface area contributed by atoms with Gasteiger partial charge in [-0.1, -0.05) is 18.2 Å². The minimum Gasteiger partial charge on any atom is -0.337 e. The van der Waals surface area contributed by atoms with Crippen LogP contribution < -0.4 is 5.32 Å². The van der Waals surface area contributed by atoms with E-state index < -0.39 is 5.41 Å². The van der Waals surface area contributed by atoms with Crippen LogP contribution in [0.25, 0.3) is 16.2 Å². The SMILES string of the molecule is CN(Cc1cc2ccccc2s1)C(=O)C=Cc1cnc2c(c1)C(C)(C)C(=O)N2. The van der Waals surface area contributed by atoms with E-state index >= 15 is 0 Å². The predicted octanol–water partition coefficient (Wildman–Crippen LogP) is 4.20. The van der Waals surface area contributed by atoms with Crippen LogP contribution in [0, 0.1) is 0 Å². The molecule has 0 fully saturated rings. The molecule has 0 atom stereocenters. The van der Waals surface area contributed by atoms with Crippen molar-refractivity contribution < 1.29 is 9.59 Å². The molecule has 2 aromatic heterocycles. The number of hydrogen-bond acceptors (Lipinski definition) is 4. The lowest BCUT2D eigenvalue weighted by atomic mass is 9.86. The highest BCUT2D eigenvalue weighted by molar-refractivity contribution is 7.19. The Balaban J connectivity index is 1.46. The quantitative estimate of drug-likeness (QED) is 0.678. The smallest absolute Gasteiger partial charge is 0.246 e. The molecule has 6 heteroatoms. The van der Waals surface area contributed by atoms with Crippen LogP contribution in [-0.4, -0.2) is 28.7 Å². The van der Waals surface area contributed by atoms with E-state index in [2.05, 4.69) is 28.5 Å². The summed E-state index contributed by atoms with van der Waals surface area (Å²) in [6.45, 7) is 4.30.